The lowest BCUT2D eigenvalue weighted by atomic mass is 9.92. The van der Waals surface area contributed by atoms with Gasteiger partial charge in [0, 0.05) is 25.1 Å². The van der Waals surface area contributed by atoms with E-state index in [1.54, 1.807) is 6.20 Å². The Morgan fingerprint density at radius 1 is 1.29 bits per heavy atom. The van der Waals surface area contributed by atoms with Gasteiger partial charge in [0.25, 0.3) is 5.91 Å². The second-order valence-corrected chi connectivity index (χ2v) is 6.25. The molecule has 0 radical (unpaired) electrons. The maximum absolute atomic E-state index is 12.2. The molecule has 0 atom stereocenters. The second-order valence-electron chi connectivity index (χ2n) is 6.25. The van der Waals surface area contributed by atoms with Crippen LogP contribution in [0.15, 0.2) is 23.4 Å². The molecule has 0 aromatic carbocycles. The monoisotopic (exact) mass is 330 g/mol. The first-order valence-electron chi connectivity index (χ1n) is 8.36. The Labute approximate surface area is 140 Å². The molecule has 1 saturated carbocycles. The summed E-state index contributed by atoms with van der Waals surface area (Å²) in [7, 11) is 0. The fourth-order valence-corrected chi connectivity index (χ4v) is 3.01. The number of ether oxygens (including phenoxy) is 1. The van der Waals surface area contributed by atoms with Gasteiger partial charge >= 0.3 is 0 Å². The van der Waals surface area contributed by atoms with Crippen molar-refractivity contribution in [2.75, 3.05) is 0 Å². The van der Waals surface area contributed by atoms with Crippen LogP contribution in [0.4, 0.5) is 0 Å². The van der Waals surface area contributed by atoms with Gasteiger partial charge in [0.15, 0.2) is 0 Å². The quantitative estimate of drug-likeness (QED) is 0.874. The highest BCUT2D eigenvalue weighted by Crippen LogP contribution is 2.25. The number of amides is 2. The Morgan fingerprint density at radius 3 is 2.75 bits per heavy atom. The summed E-state index contributed by atoms with van der Waals surface area (Å²) in [4.78, 5) is 27.5. The maximum Gasteiger partial charge on any atom is 0.267 e. The van der Waals surface area contributed by atoms with Gasteiger partial charge in [-0.25, -0.2) is 5.43 Å². The van der Waals surface area contributed by atoms with Gasteiger partial charge in [0.2, 0.25) is 5.91 Å². The van der Waals surface area contributed by atoms with Crippen molar-refractivity contribution in [3.8, 4) is 5.75 Å². The molecule has 1 aromatic heterocycles. The SMILES string of the molecule is Cc1ncccc1OC1CCC(NC(=O)C2=NNC(=O)CC2)CC1. The number of aromatic nitrogens is 1. The number of carbonyl (C=O) groups is 2. The molecule has 2 amide bonds. The Balaban J connectivity index is 1.46. The van der Waals surface area contributed by atoms with Crippen LogP contribution >= 0.6 is 0 Å². The Kier molecular flexibility index (Phi) is 5.08. The first kappa shape index (κ1) is 16.4. The van der Waals surface area contributed by atoms with Crippen LogP contribution in [0.2, 0.25) is 0 Å². The highest BCUT2D eigenvalue weighted by atomic mass is 16.5. The predicted molar refractivity (Wildman–Crippen MR) is 88.6 cm³/mol. The van der Waals surface area contributed by atoms with Crippen LogP contribution in [0.3, 0.4) is 0 Å². The van der Waals surface area contributed by atoms with Crippen molar-refractivity contribution in [1.82, 2.24) is 15.7 Å². The summed E-state index contributed by atoms with van der Waals surface area (Å²) in [5.74, 6) is 0.509. The molecule has 7 heteroatoms. The van der Waals surface area contributed by atoms with Gasteiger partial charge in [0.1, 0.15) is 11.5 Å². The van der Waals surface area contributed by atoms with Crippen molar-refractivity contribution in [3.05, 3.63) is 24.0 Å². The second kappa shape index (κ2) is 7.42. The highest BCUT2D eigenvalue weighted by Gasteiger charge is 2.26. The van der Waals surface area contributed by atoms with E-state index in [1.807, 2.05) is 19.1 Å². The van der Waals surface area contributed by atoms with Crippen LogP contribution < -0.4 is 15.5 Å². The van der Waals surface area contributed by atoms with E-state index in [4.69, 9.17) is 4.74 Å². The molecule has 0 saturated heterocycles. The lowest BCUT2D eigenvalue weighted by molar-refractivity contribution is -0.121. The Hall–Kier alpha value is -2.44. The third-order valence-electron chi connectivity index (χ3n) is 4.43. The minimum Gasteiger partial charge on any atom is -0.489 e. The summed E-state index contributed by atoms with van der Waals surface area (Å²) in [6, 6.07) is 3.94. The minimum absolute atomic E-state index is 0.132. The van der Waals surface area contributed by atoms with Gasteiger partial charge in [-0.15, -0.1) is 0 Å². The fourth-order valence-electron chi connectivity index (χ4n) is 3.01. The third kappa shape index (κ3) is 4.10. The number of pyridine rings is 1. The summed E-state index contributed by atoms with van der Waals surface area (Å²) < 4.78 is 6.02. The van der Waals surface area contributed by atoms with E-state index < -0.39 is 0 Å². The molecule has 2 heterocycles. The number of rotatable bonds is 4. The molecule has 0 unspecified atom stereocenters. The van der Waals surface area contributed by atoms with E-state index in [0.29, 0.717) is 18.6 Å². The minimum atomic E-state index is -0.178. The molecule has 0 bridgehead atoms. The van der Waals surface area contributed by atoms with Gasteiger partial charge in [-0.05, 0) is 44.7 Å². The topological polar surface area (TPSA) is 92.7 Å². The maximum atomic E-state index is 12.2. The number of nitrogens with zero attached hydrogens (tertiary/aromatic N) is 2. The van der Waals surface area contributed by atoms with E-state index in [0.717, 1.165) is 37.1 Å². The molecule has 2 N–H and O–H groups in total. The molecular weight excluding hydrogens is 308 g/mol. The van der Waals surface area contributed by atoms with Gasteiger partial charge in [-0.3, -0.25) is 14.6 Å². The average Bonchev–Trinajstić information content (AvgIpc) is 2.59. The molecule has 1 aliphatic heterocycles. The van der Waals surface area contributed by atoms with Crippen molar-refractivity contribution in [2.24, 2.45) is 5.10 Å². The van der Waals surface area contributed by atoms with Crippen LogP contribution in [-0.2, 0) is 9.59 Å². The number of hydrogen-bond acceptors (Lipinski definition) is 5. The summed E-state index contributed by atoms with van der Waals surface area (Å²) in [6.45, 7) is 1.94. The zero-order valence-corrected chi connectivity index (χ0v) is 13.7. The zero-order valence-electron chi connectivity index (χ0n) is 13.7. The molecular formula is C17H22N4O3. The first-order chi connectivity index (χ1) is 11.6. The van der Waals surface area contributed by atoms with Crippen LogP contribution in [0, 0.1) is 6.92 Å². The summed E-state index contributed by atoms with van der Waals surface area (Å²) >= 11 is 0. The number of aryl methyl sites for hydroxylation is 1. The number of hydrogen-bond donors (Lipinski definition) is 2. The number of nitrogens with one attached hydrogen (secondary N) is 2. The third-order valence-corrected chi connectivity index (χ3v) is 4.43. The molecule has 2 aliphatic rings. The van der Waals surface area contributed by atoms with E-state index in [2.05, 4.69) is 20.8 Å². The molecule has 7 nitrogen and oxygen atoms in total. The zero-order chi connectivity index (χ0) is 16.9. The van der Waals surface area contributed by atoms with E-state index in [-0.39, 0.29) is 24.0 Å². The Morgan fingerprint density at radius 2 is 2.08 bits per heavy atom. The highest BCUT2D eigenvalue weighted by molar-refractivity contribution is 6.39. The smallest absolute Gasteiger partial charge is 0.267 e. The van der Waals surface area contributed by atoms with Gasteiger partial charge < -0.3 is 10.1 Å². The first-order valence-corrected chi connectivity index (χ1v) is 8.36. The normalized spacial score (nSPS) is 23.9. The van der Waals surface area contributed by atoms with Crippen LogP contribution in [-0.4, -0.2) is 34.7 Å². The van der Waals surface area contributed by atoms with Crippen molar-refractivity contribution >= 4 is 17.5 Å². The van der Waals surface area contributed by atoms with Gasteiger partial charge in [0.05, 0.1) is 11.8 Å². The van der Waals surface area contributed by atoms with Crippen molar-refractivity contribution in [3.63, 3.8) is 0 Å². The van der Waals surface area contributed by atoms with Crippen LogP contribution in [0.5, 0.6) is 5.75 Å². The van der Waals surface area contributed by atoms with Crippen molar-refractivity contribution in [1.29, 1.82) is 0 Å². The van der Waals surface area contributed by atoms with E-state index in [9.17, 15) is 9.59 Å². The lowest BCUT2D eigenvalue weighted by Gasteiger charge is -2.30. The summed E-state index contributed by atoms with van der Waals surface area (Å²) in [5.41, 5.74) is 3.65. The predicted octanol–water partition coefficient (Wildman–Crippen LogP) is 1.46. The van der Waals surface area contributed by atoms with E-state index >= 15 is 0 Å². The van der Waals surface area contributed by atoms with Crippen LogP contribution in [0.25, 0.3) is 0 Å². The molecule has 1 fully saturated rings. The standard InChI is InChI=1S/C17H22N4O3/c1-11-15(3-2-10-18-11)24-13-6-4-12(5-7-13)19-17(23)14-8-9-16(22)21-20-14/h2-3,10,12-13H,4-9H2,1H3,(H,19,23)(H,21,22). The molecule has 1 aromatic rings. The lowest BCUT2D eigenvalue weighted by Crippen LogP contribution is -2.44. The number of hydrazone groups is 1. The average molecular weight is 330 g/mol. The summed E-state index contributed by atoms with van der Waals surface area (Å²) in [6.07, 6.45) is 6.15. The van der Waals surface area contributed by atoms with Crippen molar-refractivity contribution < 1.29 is 14.3 Å². The largest absolute Gasteiger partial charge is 0.489 e. The van der Waals surface area contributed by atoms with Gasteiger partial charge in [-0.1, -0.05) is 0 Å². The molecule has 24 heavy (non-hydrogen) atoms. The Bertz CT molecular complexity index is 651. The van der Waals surface area contributed by atoms with Gasteiger partial charge in [-0.2, -0.15) is 5.10 Å². The molecule has 128 valence electrons. The molecule has 1 aliphatic carbocycles. The summed E-state index contributed by atoms with van der Waals surface area (Å²) in [5, 5.41) is 6.84. The van der Waals surface area contributed by atoms with Crippen molar-refractivity contribution in [2.45, 2.75) is 57.6 Å². The molecule has 3 rings (SSSR count). The molecule has 0 spiro atoms. The fraction of sp³-hybridized carbons (Fsp3) is 0.529. The van der Waals surface area contributed by atoms with E-state index in [1.165, 1.54) is 0 Å². The van der Waals surface area contributed by atoms with Crippen LogP contribution in [0.1, 0.15) is 44.2 Å². The number of carbonyl (C=O) groups excluding carboxylic acids is 2.